The van der Waals surface area contributed by atoms with Crippen molar-refractivity contribution < 1.29 is 9.53 Å². The van der Waals surface area contributed by atoms with Crippen molar-refractivity contribution in [3.05, 3.63) is 11.9 Å². The molecular formula is C12H21N3O2. The molecule has 0 fully saturated rings. The molecule has 5 heteroatoms. The molecule has 0 bridgehead atoms. The molecule has 0 radical (unpaired) electrons. The number of rotatable bonds is 4. The smallest absolute Gasteiger partial charge is 0.306 e. The van der Waals surface area contributed by atoms with Crippen LogP contribution < -0.4 is 0 Å². The Balaban J connectivity index is 2.42. The van der Waals surface area contributed by atoms with Crippen LogP contribution in [0, 0.1) is 5.41 Å². The lowest BCUT2D eigenvalue weighted by molar-refractivity contribution is -0.147. The lowest BCUT2D eigenvalue weighted by Crippen LogP contribution is -2.15. The lowest BCUT2D eigenvalue weighted by atomic mass is 9.92. The molecule has 0 unspecified atom stereocenters. The second kappa shape index (κ2) is 5.29. The first-order chi connectivity index (χ1) is 7.78. The molecule has 0 N–H and O–H groups in total. The fraction of sp³-hybridized carbons (Fsp3) is 0.750. The minimum atomic E-state index is -0.198. The molecule has 96 valence electrons. The van der Waals surface area contributed by atoms with Crippen molar-refractivity contribution in [3.8, 4) is 0 Å². The highest BCUT2D eigenvalue weighted by molar-refractivity contribution is 5.70. The van der Waals surface area contributed by atoms with Crippen LogP contribution in [-0.2, 0) is 16.1 Å². The summed E-state index contributed by atoms with van der Waals surface area (Å²) in [6, 6.07) is 0.265. The van der Waals surface area contributed by atoms with Crippen molar-refractivity contribution in [1.29, 1.82) is 0 Å². The Hall–Kier alpha value is -1.39. The van der Waals surface area contributed by atoms with Crippen LogP contribution in [0.4, 0.5) is 0 Å². The molecule has 5 nitrogen and oxygen atoms in total. The van der Waals surface area contributed by atoms with E-state index in [1.54, 1.807) is 10.9 Å². The first-order valence-corrected chi connectivity index (χ1v) is 5.84. The van der Waals surface area contributed by atoms with Gasteiger partial charge in [-0.2, -0.15) is 0 Å². The summed E-state index contributed by atoms with van der Waals surface area (Å²) in [5.74, 6) is -0.198. The van der Waals surface area contributed by atoms with E-state index in [1.807, 2.05) is 34.6 Å². The predicted molar refractivity (Wildman–Crippen MR) is 64.3 cm³/mol. The minimum absolute atomic E-state index is 0.0490. The number of hydrogen-bond donors (Lipinski definition) is 0. The number of aromatic nitrogens is 3. The van der Waals surface area contributed by atoms with Gasteiger partial charge in [0.2, 0.25) is 0 Å². The van der Waals surface area contributed by atoms with Gasteiger partial charge in [0.1, 0.15) is 12.3 Å². The van der Waals surface area contributed by atoms with Gasteiger partial charge in [-0.05, 0) is 19.3 Å². The number of nitrogens with zero attached hydrogens (tertiary/aromatic N) is 3. The van der Waals surface area contributed by atoms with E-state index < -0.39 is 0 Å². The second-order valence-electron chi connectivity index (χ2n) is 5.68. The van der Waals surface area contributed by atoms with E-state index >= 15 is 0 Å². The molecular weight excluding hydrogens is 218 g/mol. The Morgan fingerprint density at radius 1 is 1.47 bits per heavy atom. The number of hydrogen-bond acceptors (Lipinski definition) is 4. The molecule has 0 aliphatic heterocycles. The Labute approximate surface area is 102 Å². The SMILES string of the molecule is CC(C)n1cc(COC(=O)CC(C)(C)C)nn1. The van der Waals surface area contributed by atoms with E-state index in [9.17, 15) is 4.79 Å². The van der Waals surface area contributed by atoms with Crippen LogP contribution in [0.5, 0.6) is 0 Å². The van der Waals surface area contributed by atoms with Gasteiger partial charge in [-0.25, -0.2) is 4.68 Å². The number of esters is 1. The van der Waals surface area contributed by atoms with Gasteiger partial charge in [0.15, 0.2) is 0 Å². The summed E-state index contributed by atoms with van der Waals surface area (Å²) in [6.07, 6.45) is 2.21. The molecule has 17 heavy (non-hydrogen) atoms. The molecule has 0 saturated carbocycles. The van der Waals surface area contributed by atoms with Gasteiger partial charge < -0.3 is 4.74 Å². The minimum Gasteiger partial charge on any atom is -0.459 e. The summed E-state index contributed by atoms with van der Waals surface area (Å²) in [5.41, 5.74) is 0.632. The molecule has 0 spiro atoms. The zero-order valence-electron chi connectivity index (χ0n) is 11.2. The van der Waals surface area contributed by atoms with Crippen LogP contribution in [0.15, 0.2) is 6.20 Å². The zero-order chi connectivity index (χ0) is 13.1. The van der Waals surface area contributed by atoms with Crippen molar-refractivity contribution in [2.45, 2.75) is 53.7 Å². The van der Waals surface area contributed by atoms with E-state index in [0.29, 0.717) is 12.1 Å². The largest absolute Gasteiger partial charge is 0.459 e. The summed E-state index contributed by atoms with van der Waals surface area (Å²) >= 11 is 0. The molecule has 0 saturated heterocycles. The van der Waals surface area contributed by atoms with Gasteiger partial charge >= 0.3 is 5.97 Å². The first kappa shape index (κ1) is 13.7. The molecule has 0 aliphatic carbocycles. The van der Waals surface area contributed by atoms with E-state index in [1.165, 1.54) is 0 Å². The van der Waals surface area contributed by atoms with Gasteiger partial charge in [0, 0.05) is 6.04 Å². The lowest BCUT2D eigenvalue weighted by Gasteiger charge is -2.16. The third kappa shape index (κ3) is 4.97. The Bertz CT molecular complexity index is 377. The van der Waals surface area contributed by atoms with Crippen molar-refractivity contribution in [2.24, 2.45) is 5.41 Å². The average molecular weight is 239 g/mol. The molecule has 0 aromatic carbocycles. The van der Waals surface area contributed by atoms with Crippen LogP contribution in [0.3, 0.4) is 0 Å². The quantitative estimate of drug-likeness (QED) is 0.757. The Morgan fingerprint density at radius 2 is 2.12 bits per heavy atom. The van der Waals surface area contributed by atoms with Gasteiger partial charge in [0.05, 0.1) is 12.6 Å². The molecule has 1 aromatic rings. The predicted octanol–water partition coefficient (Wildman–Crippen LogP) is 2.34. The van der Waals surface area contributed by atoms with Gasteiger partial charge in [0.25, 0.3) is 0 Å². The highest BCUT2D eigenvalue weighted by Gasteiger charge is 2.17. The normalized spacial score (nSPS) is 11.9. The third-order valence-corrected chi connectivity index (χ3v) is 2.14. The van der Waals surface area contributed by atoms with Crippen LogP contribution in [0.2, 0.25) is 0 Å². The summed E-state index contributed by atoms with van der Waals surface area (Å²) in [5, 5.41) is 7.89. The molecule has 0 aliphatic rings. The van der Waals surface area contributed by atoms with E-state index in [2.05, 4.69) is 10.3 Å². The highest BCUT2D eigenvalue weighted by atomic mass is 16.5. The van der Waals surface area contributed by atoms with Crippen molar-refractivity contribution in [2.75, 3.05) is 0 Å². The molecule has 1 heterocycles. The van der Waals surface area contributed by atoms with E-state index in [-0.39, 0.29) is 24.0 Å². The van der Waals surface area contributed by atoms with Crippen LogP contribution in [0.25, 0.3) is 0 Å². The van der Waals surface area contributed by atoms with Gasteiger partial charge in [-0.15, -0.1) is 5.10 Å². The zero-order valence-corrected chi connectivity index (χ0v) is 11.2. The fourth-order valence-electron chi connectivity index (χ4n) is 1.27. The number of carbonyl (C=O) groups is 1. The first-order valence-electron chi connectivity index (χ1n) is 5.84. The fourth-order valence-corrected chi connectivity index (χ4v) is 1.27. The van der Waals surface area contributed by atoms with Crippen LogP contribution in [0.1, 0.15) is 52.8 Å². The van der Waals surface area contributed by atoms with Crippen LogP contribution >= 0.6 is 0 Å². The number of ether oxygens (including phenoxy) is 1. The molecule has 0 amide bonds. The maximum Gasteiger partial charge on any atom is 0.306 e. The third-order valence-electron chi connectivity index (χ3n) is 2.14. The Morgan fingerprint density at radius 3 is 2.59 bits per heavy atom. The van der Waals surface area contributed by atoms with Crippen molar-refractivity contribution in [3.63, 3.8) is 0 Å². The molecule has 1 rings (SSSR count). The monoisotopic (exact) mass is 239 g/mol. The number of carbonyl (C=O) groups excluding carboxylic acids is 1. The summed E-state index contributed by atoms with van der Waals surface area (Å²) in [7, 11) is 0. The average Bonchev–Trinajstić information content (AvgIpc) is 2.60. The van der Waals surface area contributed by atoms with Crippen molar-refractivity contribution >= 4 is 5.97 Å². The topological polar surface area (TPSA) is 57.0 Å². The van der Waals surface area contributed by atoms with Crippen LogP contribution in [-0.4, -0.2) is 21.0 Å². The summed E-state index contributed by atoms with van der Waals surface area (Å²) in [6.45, 7) is 10.2. The second-order valence-corrected chi connectivity index (χ2v) is 5.68. The highest BCUT2D eigenvalue weighted by Crippen LogP contribution is 2.19. The van der Waals surface area contributed by atoms with Gasteiger partial charge in [-0.3, -0.25) is 4.79 Å². The standard InChI is InChI=1S/C12H21N3O2/c1-9(2)15-7-10(13-14-15)8-17-11(16)6-12(3,4)5/h7,9H,6,8H2,1-5H3. The maximum atomic E-state index is 11.5. The maximum absolute atomic E-state index is 11.5. The van der Waals surface area contributed by atoms with Crippen molar-refractivity contribution in [1.82, 2.24) is 15.0 Å². The van der Waals surface area contributed by atoms with E-state index in [0.717, 1.165) is 0 Å². The Kier molecular flexibility index (Phi) is 4.26. The summed E-state index contributed by atoms with van der Waals surface area (Å²) < 4.78 is 6.89. The van der Waals surface area contributed by atoms with Gasteiger partial charge in [-0.1, -0.05) is 26.0 Å². The molecule has 1 aromatic heterocycles. The van der Waals surface area contributed by atoms with E-state index in [4.69, 9.17) is 4.74 Å². The molecule has 0 atom stereocenters. The summed E-state index contributed by atoms with van der Waals surface area (Å²) in [4.78, 5) is 11.5.